The molecular weight excluding hydrogens is 218 g/mol. The van der Waals surface area contributed by atoms with Crippen LogP contribution in [0.2, 0.25) is 0 Å². The van der Waals surface area contributed by atoms with Gasteiger partial charge >= 0.3 is 0 Å². The zero-order valence-corrected chi connectivity index (χ0v) is 10.8. The molecule has 3 heteroatoms. The first-order valence-corrected chi connectivity index (χ1v) is 7.03. The summed E-state index contributed by atoms with van der Waals surface area (Å²) in [5, 5.41) is 4.53. The number of thiophene rings is 1. The zero-order chi connectivity index (χ0) is 11.2. The lowest BCUT2D eigenvalue weighted by Crippen LogP contribution is -2.16. The van der Waals surface area contributed by atoms with Gasteiger partial charge in [0.2, 0.25) is 0 Å². The summed E-state index contributed by atoms with van der Waals surface area (Å²) in [7, 11) is 1.73. The Morgan fingerprint density at radius 3 is 2.88 bits per heavy atom. The van der Waals surface area contributed by atoms with Crippen molar-refractivity contribution in [2.24, 2.45) is 5.92 Å². The quantitative estimate of drug-likeness (QED) is 0.768. The van der Waals surface area contributed by atoms with Crippen molar-refractivity contribution >= 4 is 11.3 Å². The van der Waals surface area contributed by atoms with Gasteiger partial charge in [0.05, 0.1) is 7.11 Å². The first-order valence-electron chi connectivity index (χ1n) is 6.22. The van der Waals surface area contributed by atoms with E-state index in [1.165, 1.54) is 37.0 Å². The summed E-state index contributed by atoms with van der Waals surface area (Å²) < 4.78 is 5.17. The van der Waals surface area contributed by atoms with Crippen LogP contribution >= 0.6 is 11.3 Å². The van der Waals surface area contributed by atoms with Crippen molar-refractivity contribution in [1.29, 1.82) is 0 Å². The van der Waals surface area contributed by atoms with Crippen LogP contribution in [0.25, 0.3) is 0 Å². The Hall–Kier alpha value is -0.540. The largest absolute Gasteiger partial charge is 0.487 e. The summed E-state index contributed by atoms with van der Waals surface area (Å²) in [6, 6.07) is 4.19. The molecule has 2 rings (SSSR count). The lowest BCUT2D eigenvalue weighted by molar-refractivity contribution is 0.427. The standard InChI is InChI=1S/C13H21NOS/c1-15-13-7-6-12(16-13)10-14-9-8-11-4-2-3-5-11/h6-7,11,14H,2-5,8-10H2,1H3. The van der Waals surface area contributed by atoms with Gasteiger partial charge in [0.1, 0.15) is 0 Å². The lowest BCUT2D eigenvalue weighted by Gasteiger charge is -2.08. The van der Waals surface area contributed by atoms with E-state index in [1.807, 2.05) is 6.07 Å². The van der Waals surface area contributed by atoms with Crippen LogP contribution < -0.4 is 10.1 Å². The summed E-state index contributed by atoms with van der Waals surface area (Å²) in [4.78, 5) is 1.36. The van der Waals surface area contributed by atoms with Crippen LogP contribution in [0, 0.1) is 5.92 Å². The molecule has 1 fully saturated rings. The molecule has 2 nitrogen and oxygen atoms in total. The second-order valence-electron chi connectivity index (χ2n) is 4.54. The zero-order valence-electron chi connectivity index (χ0n) is 10.00. The second-order valence-corrected chi connectivity index (χ2v) is 5.67. The molecule has 0 unspecified atom stereocenters. The number of nitrogens with one attached hydrogen (secondary N) is 1. The summed E-state index contributed by atoms with van der Waals surface area (Å²) in [6.45, 7) is 2.14. The molecule has 0 bridgehead atoms. The Morgan fingerprint density at radius 1 is 1.38 bits per heavy atom. The fourth-order valence-corrected chi connectivity index (χ4v) is 3.17. The van der Waals surface area contributed by atoms with E-state index in [1.54, 1.807) is 18.4 Å². The van der Waals surface area contributed by atoms with Crippen molar-refractivity contribution in [2.75, 3.05) is 13.7 Å². The van der Waals surface area contributed by atoms with Crippen LogP contribution in [0.1, 0.15) is 37.0 Å². The van der Waals surface area contributed by atoms with E-state index in [2.05, 4.69) is 11.4 Å². The van der Waals surface area contributed by atoms with E-state index in [4.69, 9.17) is 4.74 Å². The van der Waals surface area contributed by atoms with Gasteiger partial charge in [0.15, 0.2) is 5.06 Å². The minimum Gasteiger partial charge on any atom is -0.487 e. The highest BCUT2D eigenvalue weighted by molar-refractivity contribution is 7.13. The van der Waals surface area contributed by atoms with Gasteiger partial charge in [-0.1, -0.05) is 25.7 Å². The molecule has 0 spiro atoms. The monoisotopic (exact) mass is 239 g/mol. The van der Waals surface area contributed by atoms with E-state index in [0.717, 1.165) is 24.1 Å². The summed E-state index contributed by atoms with van der Waals surface area (Å²) >= 11 is 1.73. The minimum atomic E-state index is 0.987. The normalized spacial score (nSPS) is 16.8. The molecule has 90 valence electrons. The third kappa shape index (κ3) is 3.49. The highest BCUT2D eigenvalue weighted by atomic mass is 32.1. The predicted octanol–water partition coefficient (Wildman–Crippen LogP) is 3.43. The van der Waals surface area contributed by atoms with E-state index in [9.17, 15) is 0 Å². The first-order chi connectivity index (χ1) is 7.88. The summed E-state index contributed by atoms with van der Waals surface area (Å²) in [5.74, 6) is 0.991. The van der Waals surface area contributed by atoms with Crippen LogP contribution in [0.15, 0.2) is 12.1 Å². The van der Waals surface area contributed by atoms with Crippen molar-refractivity contribution < 1.29 is 4.74 Å². The second kappa shape index (κ2) is 6.26. The van der Waals surface area contributed by atoms with Gasteiger partial charge in [-0.05, 0) is 31.0 Å². The van der Waals surface area contributed by atoms with Gasteiger partial charge in [-0.25, -0.2) is 0 Å². The Bertz CT molecular complexity index is 305. The molecule has 1 aromatic heterocycles. The van der Waals surface area contributed by atoms with Crippen LogP contribution in [0.5, 0.6) is 5.06 Å². The molecule has 1 N–H and O–H groups in total. The van der Waals surface area contributed by atoms with Crippen molar-refractivity contribution in [3.8, 4) is 5.06 Å². The minimum absolute atomic E-state index is 0.987. The third-order valence-corrected chi connectivity index (χ3v) is 4.39. The van der Waals surface area contributed by atoms with E-state index >= 15 is 0 Å². The summed E-state index contributed by atoms with van der Waals surface area (Å²) in [6.07, 6.45) is 7.16. The maximum Gasteiger partial charge on any atom is 0.173 e. The molecule has 1 heterocycles. The fraction of sp³-hybridized carbons (Fsp3) is 0.692. The van der Waals surface area contributed by atoms with Crippen LogP contribution in [0.4, 0.5) is 0 Å². The van der Waals surface area contributed by atoms with Gasteiger partial charge in [-0.3, -0.25) is 0 Å². The number of hydrogen-bond acceptors (Lipinski definition) is 3. The van der Waals surface area contributed by atoms with Gasteiger partial charge < -0.3 is 10.1 Å². The molecule has 0 saturated heterocycles. The van der Waals surface area contributed by atoms with Crippen LogP contribution in [0.3, 0.4) is 0 Å². The highest BCUT2D eigenvalue weighted by Gasteiger charge is 2.13. The van der Waals surface area contributed by atoms with E-state index < -0.39 is 0 Å². The molecule has 0 aromatic carbocycles. The average molecular weight is 239 g/mol. The molecular formula is C13H21NOS. The third-order valence-electron chi connectivity index (χ3n) is 3.34. The number of hydrogen-bond donors (Lipinski definition) is 1. The predicted molar refractivity (Wildman–Crippen MR) is 69.2 cm³/mol. The average Bonchev–Trinajstić information content (AvgIpc) is 2.95. The maximum absolute atomic E-state index is 5.17. The number of rotatable bonds is 6. The molecule has 1 aliphatic carbocycles. The maximum atomic E-state index is 5.17. The Morgan fingerprint density at radius 2 is 2.19 bits per heavy atom. The van der Waals surface area contributed by atoms with Crippen molar-refractivity contribution in [3.63, 3.8) is 0 Å². The highest BCUT2D eigenvalue weighted by Crippen LogP contribution is 2.27. The topological polar surface area (TPSA) is 21.3 Å². The Labute approximate surface area is 102 Å². The van der Waals surface area contributed by atoms with Gasteiger partial charge in [0.25, 0.3) is 0 Å². The van der Waals surface area contributed by atoms with Crippen LogP contribution in [-0.2, 0) is 6.54 Å². The molecule has 0 amide bonds. The van der Waals surface area contributed by atoms with Gasteiger partial charge in [-0.2, -0.15) is 0 Å². The number of ether oxygens (including phenoxy) is 1. The van der Waals surface area contributed by atoms with Crippen molar-refractivity contribution in [1.82, 2.24) is 5.32 Å². The molecule has 1 aromatic rings. The van der Waals surface area contributed by atoms with Crippen molar-refractivity contribution in [2.45, 2.75) is 38.6 Å². The fourth-order valence-electron chi connectivity index (χ4n) is 2.38. The number of methoxy groups -OCH3 is 1. The van der Waals surface area contributed by atoms with Gasteiger partial charge in [-0.15, -0.1) is 11.3 Å². The van der Waals surface area contributed by atoms with E-state index in [-0.39, 0.29) is 0 Å². The Balaban J connectivity index is 1.60. The molecule has 16 heavy (non-hydrogen) atoms. The SMILES string of the molecule is COc1ccc(CNCCC2CCCC2)s1. The van der Waals surface area contributed by atoms with Crippen molar-refractivity contribution in [3.05, 3.63) is 17.0 Å². The van der Waals surface area contributed by atoms with E-state index in [0.29, 0.717) is 0 Å². The molecule has 1 aliphatic rings. The first kappa shape index (κ1) is 11.9. The molecule has 0 atom stereocenters. The molecule has 1 saturated carbocycles. The summed E-state index contributed by atoms with van der Waals surface area (Å²) in [5.41, 5.74) is 0. The lowest BCUT2D eigenvalue weighted by atomic mass is 10.0. The smallest absolute Gasteiger partial charge is 0.173 e. The molecule has 0 radical (unpaired) electrons. The molecule has 0 aliphatic heterocycles. The van der Waals surface area contributed by atoms with Crippen LogP contribution in [-0.4, -0.2) is 13.7 Å². The van der Waals surface area contributed by atoms with Gasteiger partial charge in [0, 0.05) is 11.4 Å². The Kier molecular flexibility index (Phi) is 4.67.